The fourth-order valence-electron chi connectivity index (χ4n) is 10.8. The molecule has 0 saturated heterocycles. The molecule has 0 radical (unpaired) electrons. The van der Waals surface area contributed by atoms with Gasteiger partial charge in [-0.3, -0.25) is 4.79 Å². The number of carbonyl (C=O) groups excluding carboxylic acids is 2. The van der Waals surface area contributed by atoms with Crippen LogP contribution in [0.4, 0.5) is 0 Å². The maximum absolute atomic E-state index is 13.2. The smallest absolute Gasteiger partial charge is 0.331 e. The zero-order chi connectivity index (χ0) is 32.1. The van der Waals surface area contributed by atoms with Crippen LogP contribution in [-0.2, 0) is 25.5 Å². The first-order valence-electron chi connectivity index (χ1n) is 18.4. The second-order valence-corrected chi connectivity index (χ2v) is 15.8. The predicted molar refractivity (Wildman–Crippen MR) is 179 cm³/mol. The van der Waals surface area contributed by atoms with E-state index in [0.29, 0.717) is 37.7 Å². The van der Waals surface area contributed by atoms with Gasteiger partial charge in [-0.1, -0.05) is 96.0 Å². The summed E-state index contributed by atoms with van der Waals surface area (Å²) in [4.78, 5) is 24.5. The summed E-state index contributed by atoms with van der Waals surface area (Å²) in [6, 6.07) is 10.8. The molecule has 5 heteroatoms. The average molecular weight is 621 g/mol. The van der Waals surface area contributed by atoms with Crippen LogP contribution in [0.1, 0.15) is 136 Å². The minimum absolute atomic E-state index is 0.00581. The number of fused-ring (bicyclic) bond motifs is 1. The first-order valence-corrected chi connectivity index (χ1v) is 18.4. The van der Waals surface area contributed by atoms with Gasteiger partial charge in [0.2, 0.25) is 0 Å². The molecule has 1 N–H and O–H groups in total. The van der Waals surface area contributed by atoms with Crippen LogP contribution < -0.4 is 0 Å². The van der Waals surface area contributed by atoms with Crippen LogP contribution in [0.3, 0.4) is 0 Å². The number of ether oxygens (including phenoxy) is 2. The summed E-state index contributed by atoms with van der Waals surface area (Å²) in [5.74, 6) is 0.903. The van der Waals surface area contributed by atoms with E-state index in [4.69, 9.17) is 9.47 Å². The van der Waals surface area contributed by atoms with Crippen molar-refractivity contribution in [2.24, 2.45) is 34.5 Å². The number of rotatable bonds is 13. The Morgan fingerprint density at radius 1 is 1.02 bits per heavy atom. The molecule has 0 bridgehead atoms. The zero-order valence-electron chi connectivity index (χ0n) is 28.7. The summed E-state index contributed by atoms with van der Waals surface area (Å²) in [7, 11) is 0. The maximum Gasteiger partial charge on any atom is 0.331 e. The maximum atomic E-state index is 13.2. The van der Waals surface area contributed by atoms with Crippen LogP contribution in [-0.4, -0.2) is 35.4 Å². The number of aryl methyl sites for hydroxylation is 1. The summed E-state index contributed by atoms with van der Waals surface area (Å²) < 4.78 is 11.6. The number of esters is 2. The summed E-state index contributed by atoms with van der Waals surface area (Å²) >= 11 is 0. The Labute approximate surface area is 272 Å². The first kappa shape index (κ1) is 34.2. The van der Waals surface area contributed by atoms with E-state index in [-0.39, 0.29) is 40.7 Å². The van der Waals surface area contributed by atoms with Crippen LogP contribution in [0, 0.1) is 34.5 Å². The van der Waals surface area contributed by atoms with Crippen LogP contribution in [0.25, 0.3) is 0 Å². The lowest BCUT2D eigenvalue weighted by Gasteiger charge is -2.68. The van der Waals surface area contributed by atoms with Crippen LogP contribution in [0.5, 0.6) is 0 Å². The number of hydrogen-bond acceptors (Lipinski definition) is 5. The van der Waals surface area contributed by atoms with Crippen LogP contribution in [0.2, 0.25) is 0 Å². The molecular weight excluding hydrogens is 560 g/mol. The van der Waals surface area contributed by atoms with Crippen molar-refractivity contribution in [3.63, 3.8) is 0 Å². The highest BCUT2D eigenvalue weighted by Crippen LogP contribution is 2.69. The van der Waals surface area contributed by atoms with Crippen molar-refractivity contribution in [2.45, 2.75) is 149 Å². The van der Waals surface area contributed by atoms with Crippen molar-refractivity contribution in [1.29, 1.82) is 0 Å². The normalized spacial score (nSPS) is 34.5. The van der Waals surface area contributed by atoms with Crippen LogP contribution in [0.15, 0.2) is 42.0 Å². The van der Waals surface area contributed by atoms with Crippen molar-refractivity contribution in [3.8, 4) is 0 Å². The lowest BCUT2D eigenvalue weighted by atomic mass is 9.39. The van der Waals surface area contributed by atoms with E-state index in [0.717, 1.165) is 50.5 Å². The molecule has 3 saturated carbocycles. The van der Waals surface area contributed by atoms with Gasteiger partial charge < -0.3 is 14.6 Å². The van der Waals surface area contributed by atoms with Gasteiger partial charge in [-0.25, -0.2) is 4.79 Å². The van der Waals surface area contributed by atoms with Gasteiger partial charge in [0, 0.05) is 24.3 Å². The number of aliphatic hydroxyl groups is 1. The lowest BCUT2D eigenvalue weighted by Crippen LogP contribution is -2.69. The zero-order valence-corrected chi connectivity index (χ0v) is 28.7. The molecular formula is C40H60O5. The molecule has 0 aromatic heterocycles. The van der Waals surface area contributed by atoms with E-state index < -0.39 is 5.60 Å². The van der Waals surface area contributed by atoms with Crippen molar-refractivity contribution < 1.29 is 24.2 Å². The molecule has 1 aromatic rings. The van der Waals surface area contributed by atoms with Crippen molar-refractivity contribution in [1.82, 2.24) is 0 Å². The highest BCUT2D eigenvalue weighted by Gasteiger charge is 2.68. The lowest BCUT2D eigenvalue weighted by molar-refractivity contribution is -0.270. The summed E-state index contributed by atoms with van der Waals surface area (Å²) in [5.41, 5.74) is 1.21. The van der Waals surface area contributed by atoms with Gasteiger partial charge in [0.25, 0.3) is 0 Å². The fraction of sp³-hybridized carbons (Fsp3) is 0.750. The fourth-order valence-corrected chi connectivity index (χ4v) is 10.8. The molecule has 250 valence electrons. The molecule has 1 aromatic carbocycles. The topological polar surface area (TPSA) is 72.8 Å². The van der Waals surface area contributed by atoms with Gasteiger partial charge in [0.15, 0.2) is 0 Å². The summed E-state index contributed by atoms with van der Waals surface area (Å²) in [6.07, 6.45) is 19.8. The van der Waals surface area contributed by atoms with Gasteiger partial charge in [0.05, 0.1) is 5.60 Å². The van der Waals surface area contributed by atoms with Gasteiger partial charge >= 0.3 is 11.9 Å². The molecule has 4 aliphatic rings. The summed E-state index contributed by atoms with van der Waals surface area (Å²) in [5, 5.41) is 13.2. The molecule has 7 atom stereocenters. The van der Waals surface area contributed by atoms with E-state index in [1.54, 1.807) is 13.0 Å². The van der Waals surface area contributed by atoms with Gasteiger partial charge in [-0.2, -0.15) is 0 Å². The second-order valence-electron chi connectivity index (χ2n) is 15.8. The Balaban J connectivity index is 1.42. The Morgan fingerprint density at radius 2 is 1.76 bits per heavy atom. The SMILES string of the molecule is CC(=O)OC1CC(C)C(O)(CCC2=CC(=O)OC2)C2(CCCC(C)CCCc3ccccc3)CCCC(C)(C3CCCCC3)C12. The van der Waals surface area contributed by atoms with E-state index in [1.807, 2.05) is 0 Å². The Bertz CT molecular complexity index is 1170. The van der Waals surface area contributed by atoms with E-state index in [2.05, 4.69) is 51.1 Å². The number of benzene rings is 1. The molecule has 0 spiro atoms. The highest BCUT2D eigenvalue weighted by molar-refractivity contribution is 5.85. The molecule has 3 fully saturated rings. The Kier molecular flexibility index (Phi) is 11.2. The third kappa shape index (κ3) is 7.39. The quantitative estimate of drug-likeness (QED) is 0.223. The Hall–Kier alpha value is -2.14. The molecule has 5 rings (SSSR count). The minimum Gasteiger partial charge on any atom is -0.462 e. The average Bonchev–Trinajstić information content (AvgIpc) is 3.44. The standard InChI is InChI=1S/C40H60O5/c1-29(14-11-18-32-16-7-5-8-17-32)15-12-23-39-24-13-22-38(4,34-19-9-6-10-20-34)37(39)35(45-31(3)41)26-30(2)40(39,43)25-21-33-27-36(42)44-28-33/h5,7-8,16-17,27,29-30,34-35,37,43H,6,9-15,18-26,28H2,1-4H3. The second kappa shape index (κ2) is 14.7. The summed E-state index contributed by atoms with van der Waals surface area (Å²) in [6.45, 7) is 9.00. The van der Waals surface area contributed by atoms with Crippen LogP contribution >= 0.6 is 0 Å². The third-order valence-electron chi connectivity index (χ3n) is 13.0. The van der Waals surface area contributed by atoms with Crippen molar-refractivity contribution in [3.05, 3.63) is 47.5 Å². The molecule has 3 aliphatic carbocycles. The molecule has 7 unspecified atom stereocenters. The van der Waals surface area contributed by atoms with E-state index >= 15 is 0 Å². The predicted octanol–water partition coefficient (Wildman–Crippen LogP) is 9.15. The molecule has 1 heterocycles. The molecule has 5 nitrogen and oxygen atoms in total. The number of cyclic esters (lactones) is 1. The van der Waals surface area contributed by atoms with Crippen molar-refractivity contribution >= 4 is 11.9 Å². The Morgan fingerprint density at radius 3 is 2.44 bits per heavy atom. The monoisotopic (exact) mass is 620 g/mol. The van der Waals surface area contributed by atoms with Crippen molar-refractivity contribution in [2.75, 3.05) is 6.61 Å². The number of carbonyl (C=O) groups is 2. The molecule has 45 heavy (non-hydrogen) atoms. The highest BCUT2D eigenvalue weighted by atomic mass is 16.5. The molecule has 0 amide bonds. The third-order valence-corrected chi connectivity index (χ3v) is 13.0. The minimum atomic E-state index is -0.895. The van der Waals surface area contributed by atoms with Gasteiger partial charge in [0.1, 0.15) is 12.7 Å². The largest absolute Gasteiger partial charge is 0.462 e. The van der Waals surface area contributed by atoms with Gasteiger partial charge in [-0.05, 0) is 98.5 Å². The molecule has 1 aliphatic heterocycles. The van der Waals surface area contributed by atoms with E-state index in [9.17, 15) is 14.7 Å². The first-order chi connectivity index (χ1) is 21.6. The van der Waals surface area contributed by atoms with Gasteiger partial charge in [-0.15, -0.1) is 0 Å². The number of hydrogen-bond donors (Lipinski definition) is 1. The van der Waals surface area contributed by atoms with E-state index in [1.165, 1.54) is 50.5 Å².